The Morgan fingerprint density at radius 3 is 3.00 bits per heavy atom. The van der Waals surface area contributed by atoms with Crippen LogP contribution in [0.4, 0.5) is 11.4 Å². The number of benzene rings is 1. The van der Waals surface area contributed by atoms with Crippen molar-refractivity contribution in [1.29, 1.82) is 0 Å². The number of aromatic hydroxyl groups is 1. The lowest BCUT2D eigenvalue weighted by atomic mass is 10.2. The number of rotatable bonds is 2. The molecule has 0 atom stereocenters. The quantitative estimate of drug-likeness (QED) is 0.379. The molecule has 6 heteroatoms. The molecule has 0 aromatic heterocycles. The predicted octanol–water partition coefficient (Wildman–Crippen LogP) is 0.701. The Morgan fingerprint density at radius 2 is 2.33 bits per heavy atom. The molecular weight excluding hydrogens is 196 g/mol. The van der Waals surface area contributed by atoms with E-state index in [1.165, 1.54) is 17.3 Å². The van der Waals surface area contributed by atoms with Gasteiger partial charge in [-0.25, -0.2) is 5.43 Å². The average molecular weight is 209 g/mol. The Hall–Kier alpha value is -1.98. The maximum Gasteiger partial charge on any atom is 0.229 e. The van der Waals surface area contributed by atoms with Gasteiger partial charge in [-0.15, -0.1) is 0 Å². The van der Waals surface area contributed by atoms with Gasteiger partial charge in [-0.3, -0.25) is 0 Å². The van der Waals surface area contributed by atoms with Crippen LogP contribution in [0, 0.1) is 4.91 Å². The van der Waals surface area contributed by atoms with Gasteiger partial charge in [-0.1, -0.05) is 0 Å². The first-order valence-corrected chi connectivity index (χ1v) is 4.74. The lowest BCUT2D eigenvalue weighted by Gasteiger charge is -2.12. The number of nitrogens with two attached hydrogens (primary N) is 1. The average Bonchev–Trinajstić information content (AvgIpc) is 2.58. The minimum atomic E-state index is 0.114. The molecule has 0 unspecified atom stereocenters. The Kier molecular flexibility index (Phi) is 2.32. The van der Waals surface area contributed by atoms with Gasteiger partial charge in [-0.05, 0) is 17.3 Å². The molecule has 1 aliphatic heterocycles. The van der Waals surface area contributed by atoms with Gasteiger partial charge in [0.2, 0.25) is 6.54 Å². The van der Waals surface area contributed by atoms with Crippen LogP contribution in [0.3, 0.4) is 0 Å². The van der Waals surface area contributed by atoms with Crippen LogP contribution in [0.25, 0.3) is 0 Å². The molecule has 80 valence electrons. The van der Waals surface area contributed by atoms with Crippen LogP contribution in [0.2, 0.25) is 0 Å². The van der Waals surface area contributed by atoms with Gasteiger partial charge < -0.3 is 10.8 Å². The molecular formula is C9H13N4O2+. The number of nitrogens with zero attached hydrogens (tertiary/aromatic N) is 2. The van der Waals surface area contributed by atoms with Gasteiger partial charge in [0.05, 0.1) is 16.3 Å². The first kappa shape index (κ1) is 9.57. The lowest BCUT2D eigenvalue weighted by Crippen LogP contribution is -2.32. The van der Waals surface area contributed by atoms with Gasteiger partial charge in [-0.2, -0.15) is 0 Å². The normalized spacial score (nSPS) is 15.7. The van der Waals surface area contributed by atoms with Crippen molar-refractivity contribution in [2.75, 3.05) is 24.2 Å². The molecule has 1 saturated heterocycles. The Morgan fingerprint density at radius 1 is 1.53 bits per heavy atom. The summed E-state index contributed by atoms with van der Waals surface area (Å²) in [5, 5.41) is 10.7. The van der Waals surface area contributed by atoms with Gasteiger partial charge in [0.25, 0.3) is 0 Å². The number of hydrogen-bond donors (Lipinski definition) is 3. The fraction of sp³-hybridized carbons (Fsp3) is 0.333. The maximum absolute atomic E-state index is 11.3. The summed E-state index contributed by atoms with van der Waals surface area (Å²) >= 11 is 0. The van der Waals surface area contributed by atoms with E-state index in [1.54, 1.807) is 6.07 Å². The van der Waals surface area contributed by atoms with E-state index in [1.807, 2.05) is 0 Å². The highest BCUT2D eigenvalue weighted by Gasteiger charge is 2.28. The van der Waals surface area contributed by atoms with Crippen LogP contribution in [-0.4, -0.2) is 28.2 Å². The molecule has 1 aromatic carbocycles. The van der Waals surface area contributed by atoms with Gasteiger partial charge in [0, 0.05) is 12.5 Å². The van der Waals surface area contributed by atoms with E-state index in [-0.39, 0.29) is 5.75 Å². The third kappa shape index (κ3) is 1.93. The molecule has 15 heavy (non-hydrogen) atoms. The summed E-state index contributed by atoms with van der Waals surface area (Å²) in [6.07, 6.45) is 0.815. The zero-order valence-corrected chi connectivity index (χ0v) is 8.18. The monoisotopic (exact) mass is 209 g/mol. The van der Waals surface area contributed by atoms with Gasteiger partial charge >= 0.3 is 0 Å². The lowest BCUT2D eigenvalue weighted by molar-refractivity contribution is -0.678. The summed E-state index contributed by atoms with van der Waals surface area (Å²) in [5.41, 5.74) is 9.59. The Labute approximate surface area is 86.8 Å². The van der Waals surface area contributed by atoms with E-state index in [4.69, 9.17) is 5.73 Å². The molecule has 1 aliphatic rings. The molecule has 0 aliphatic carbocycles. The van der Waals surface area contributed by atoms with Crippen molar-refractivity contribution in [2.24, 2.45) is 0 Å². The molecule has 2 rings (SSSR count). The Bertz CT molecular complexity index is 394. The number of phenols is 1. The maximum atomic E-state index is 11.3. The molecule has 0 radical (unpaired) electrons. The third-order valence-electron chi connectivity index (χ3n) is 2.27. The van der Waals surface area contributed by atoms with E-state index in [0.29, 0.717) is 24.5 Å². The van der Waals surface area contributed by atoms with Crippen molar-refractivity contribution >= 4 is 11.4 Å². The number of nitroso groups, excluding NO2 is 1. The second kappa shape index (κ2) is 3.64. The number of phenolic OH excluding ortho intramolecular Hbond substituents is 1. The first-order valence-electron chi connectivity index (χ1n) is 4.74. The zero-order chi connectivity index (χ0) is 10.8. The van der Waals surface area contributed by atoms with Crippen LogP contribution in [0.5, 0.6) is 5.75 Å². The van der Waals surface area contributed by atoms with Crippen molar-refractivity contribution in [1.82, 2.24) is 5.12 Å². The van der Waals surface area contributed by atoms with Crippen LogP contribution < -0.4 is 11.2 Å². The minimum absolute atomic E-state index is 0.114. The predicted molar refractivity (Wildman–Crippen MR) is 56.0 cm³/mol. The fourth-order valence-corrected chi connectivity index (χ4v) is 1.48. The number of hydrogen-bond acceptors (Lipinski definition) is 4. The molecule has 4 N–H and O–H groups in total. The topological polar surface area (TPSA) is 81.6 Å². The van der Waals surface area contributed by atoms with E-state index in [0.717, 1.165) is 11.3 Å². The molecule has 1 fully saturated rings. The minimum Gasteiger partial charge on any atom is -0.508 e. The molecule has 0 bridgehead atoms. The number of nitrogen functional groups attached to an aromatic ring is 1. The van der Waals surface area contributed by atoms with Gasteiger partial charge in [0.15, 0.2) is 0 Å². The largest absolute Gasteiger partial charge is 0.508 e. The van der Waals surface area contributed by atoms with Crippen LogP contribution in [-0.2, 0) is 0 Å². The summed E-state index contributed by atoms with van der Waals surface area (Å²) in [7, 11) is 0. The zero-order valence-electron chi connectivity index (χ0n) is 8.18. The van der Waals surface area contributed by atoms with Crippen molar-refractivity contribution in [3.63, 3.8) is 0 Å². The highest BCUT2D eigenvalue weighted by molar-refractivity contribution is 5.67. The molecule has 0 spiro atoms. The van der Waals surface area contributed by atoms with E-state index in [9.17, 15) is 10.0 Å². The molecule has 0 saturated carbocycles. The third-order valence-corrected chi connectivity index (χ3v) is 2.27. The summed E-state index contributed by atoms with van der Waals surface area (Å²) in [6.45, 7) is 1.12. The fourth-order valence-electron chi connectivity index (χ4n) is 1.48. The molecule has 6 nitrogen and oxygen atoms in total. The summed E-state index contributed by atoms with van der Waals surface area (Å²) in [6, 6.07) is 4.57. The van der Waals surface area contributed by atoms with Crippen LogP contribution in [0.1, 0.15) is 6.42 Å². The molecule has 0 amide bonds. The molecule has 1 aromatic rings. The van der Waals surface area contributed by atoms with Crippen molar-refractivity contribution < 1.29 is 9.98 Å². The van der Waals surface area contributed by atoms with E-state index >= 15 is 0 Å². The van der Waals surface area contributed by atoms with Crippen molar-refractivity contribution in [3.8, 4) is 5.75 Å². The highest BCUT2D eigenvalue weighted by Crippen LogP contribution is 2.24. The van der Waals surface area contributed by atoms with Crippen molar-refractivity contribution in [3.05, 3.63) is 23.1 Å². The number of nitrogens with one attached hydrogen (secondary N) is 1. The van der Waals surface area contributed by atoms with Crippen molar-refractivity contribution in [2.45, 2.75) is 6.42 Å². The smallest absolute Gasteiger partial charge is 0.229 e. The summed E-state index contributed by atoms with van der Waals surface area (Å²) < 4.78 is 0. The number of hydrazine groups is 2. The van der Waals surface area contributed by atoms with Crippen LogP contribution in [0.15, 0.2) is 18.2 Å². The highest BCUT2D eigenvalue weighted by atomic mass is 16.3. The number of anilines is 2. The van der Waals surface area contributed by atoms with Gasteiger partial charge in [0.1, 0.15) is 17.2 Å². The van der Waals surface area contributed by atoms with Crippen LogP contribution >= 0.6 is 0 Å². The summed E-state index contributed by atoms with van der Waals surface area (Å²) in [5.74, 6) is 0.114. The SMILES string of the molecule is Nc1ccc(O)cc1NN1CCC[N+]1=O. The summed E-state index contributed by atoms with van der Waals surface area (Å²) in [4.78, 5) is 12.1. The first-order chi connectivity index (χ1) is 7.16. The second-order valence-corrected chi connectivity index (χ2v) is 3.44. The Balaban J connectivity index is 2.16. The second-order valence-electron chi connectivity index (χ2n) is 3.44. The molecule has 1 heterocycles. The van der Waals surface area contributed by atoms with E-state index in [2.05, 4.69) is 5.43 Å². The standard InChI is InChI=1S/C9H12N4O2/c10-8-3-2-7(14)6-9(8)11-12-4-1-5-13(12)15/h2-3,6,11H,1,4-5,10H2/p+1. The van der Waals surface area contributed by atoms with E-state index < -0.39 is 0 Å².